The third-order valence-electron chi connectivity index (χ3n) is 6.80. The van der Waals surface area contributed by atoms with Crippen molar-refractivity contribution in [1.82, 2.24) is 14.5 Å². The highest BCUT2D eigenvalue weighted by Gasteiger charge is 2.43. The number of amides is 3. The zero-order chi connectivity index (χ0) is 29.0. The van der Waals surface area contributed by atoms with Crippen molar-refractivity contribution >= 4 is 50.9 Å². The number of hydrogen-bond acceptors (Lipinski definition) is 5. The van der Waals surface area contributed by atoms with Crippen molar-refractivity contribution in [2.24, 2.45) is 0 Å². The van der Waals surface area contributed by atoms with E-state index in [1.807, 2.05) is 44.2 Å². The second-order valence-electron chi connectivity index (χ2n) is 9.61. The summed E-state index contributed by atoms with van der Waals surface area (Å²) in [5, 5.41) is 3.54. The van der Waals surface area contributed by atoms with Crippen LogP contribution in [-0.2, 0) is 32.6 Å². The number of nitrogens with zero attached hydrogens (tertiary/aromatic N) is 2. The lowest BCUT2D eigenvalue weighted by Gasteiger charge is -2.33. The summed E-state index contributed by atoms with van der Waals surface area (Å²) in [6.45, 7) is 2.95. The first kappa shape index (κ1) is 29.6. The topological polar surface area (TPSA) is 104 Å². The Morgan fingerprint density at radius 2 is 1.62 bits per heavy atom. The molecule has 0 saturated carbocycles. The van der Waals surface area contributed by atoms with E-state index < -0.39 is 40.3 Å². The third kappa shape index (κ3) is 6.32. The molecule has 1 heterocycles. The molecule has 0 fully saturated rings. The number of fused-ring (bicyclic) bond motifs is 1. The average Bonchev–Trinajstić information content (AvgIpc) is 3.13. The van der Waals surface area contributed by atoms with Crippen molar-refractivity contribution < 1.29 is 22.8 Å². The SMILES string of the molecule is CC[C@@H](C)NC(=O)[C@@H](Cc1ccccc1)N(Cc1ccc(Cl)c(Cl)c1)C(=O)CN1C(=O)c2ccccc2S1(=O)=O. The molecule has 0 unspecified atom stereocenters. The van der Waals surface area contributed by atoms with Crippen molar-refractivity contribution in [3.05, 3.63) is 99.5 Å². The molecule has 0 spiro atoms. The van der Waals surface area contributed by atoms with Gasteiger partial charge in [-0.2, -0.15) is 0 Å². The van der Waals surface area contributed by atoms with E-state index >= 15 is 0 Å². The zero-order valence-corrected chi connectivity index (χ0v) is 24.3. The van der Waals surface area contributed by atoms with Crippen LogP contribution in [-0.4, -0.2) is 54.0 Å². The van der Waals surface area contributed by atoms with Crippen LogP contribution < -0.4 is 5.32 Å². The summed E-state index contributed by atoms with van der Waals surface area (Å²) in [4.78, 5) is 41.8. The smallest absolute Gasteiger partial charge is 0.269 e. The Labute approximate surface area is 243 Å². The van der Waals surface area contributed by atoms with Gasteiger partial charge in [-0.3, -0.25) is 14.4 Å². The van der Waals surface area contributed by atoms with Gasteiger partial charge in [0.25, 0.3) is 15.9 Å². The first-order valence-electron chi connectivity index (χ1n) is 12.8. The monoisotopic (exact) mass is 601 g/mol. The summed E-state index contributed by atoms with van der Waals surface area (Å²) < 4.78 is 27.0. The molecule has 11 heteroatoms. The Bertz CT molecular complexity index is 1530. The van der Waals surface area contributed by atoms with Gasteiger partial charge in [0.05, 0.1) is 15.6 Å². The number of benzene rings is 3. The van der Waals surface area contributed by atoms with E-state index in [0.717, 1.165) is 5.56 Å². The molecule has 2 atom stereocenters. The van der Waals surface area contributed by atoms with E-state index in [4.69, 9.17) is 23.2 Å². The Morgan fingerprint density at radius 3 is 2.27 bits per heavy atom. The first-order valence-corrected chi connectivity index (χ1v) is 15.0. The van der Waals surface area contributed by atoms with Gasteiger partial charge in [-0.1, -0.05) is 78.7 Å². The molecular weight excluding hydrogens is 573 g/mol. The first-order chi connectivity index (χ1) is 19.0. The average molecular weight is 603 g/mol. The van der Waals surface area contributed by atoms with Gasteiger partial charge in [0.15, 0.2) is 0 Å². The molecule has 0 bridgehead atoms. The summed E-state index contributed by atoms with van der Waals surface area (Å²) >= 11 is 12.3. The van der Waals surface area contributed by atoms with Crippen molar-refractivity contribution in [2.75, 3.05) is 6.54 Å². The van der Waals surface area contributed by atoms with Crippen LogP contribution in [0.4, 0.5) is 0 Å². The molecule has 0 aromatic heterocycles. The van der Waals surface area contributed by atoms with Gasteiger partial charge in [0.1, 0.15) is 17.5 Å². The molecule has 8 nitrogen and oxygen atoms in total. The van der Waals surface area contributed by atoms with Gasteiger partial charge < -0.3 is 10.2 Å². The lowest BCUT2D eigenvalue weighted by atomic mass is 10.0. The second kappa shape index (κ2) is 12.4. The van der Waals surface area contributed by atoms with Gasteiger partial charge in [-0.15, -0.1) is 0 Å². The summed E-state index contributed by atoms with van der Waals surface area (Å²) in [7, 11) is -4.24. The standard InChI is InChI=1S/C29H29Cl2N3O5S/c1-3-19(2)32-28(36)25(16-20-9-5-4-6-10-20)33(17-21-13-14-23(30)24(31)15-21)27(35)18-34-29(37)22-11-7-8-12-26(22)40(34,38)39/h4-15,19,25H,3,16-18H2,1-2H3,(H,32,36)/t19-,25-/m1/s1. The molecule has 210 valence electrons. The molecule has 0 aliphatic carbocycles. The van der Waals surface area contributed by atoms with E-state index in [1.165, 1.54) is 23.1 Å². The van der Waals surface area contributed by atoms with E-state index in [1.54, 1.807) is 24.3 Å². The van der Waals surface area contributed by atoms with E-state index in [-0.39, 0.29) is 34.5 Å². The van der Waals surface area contributed by atoms with Crippen molar-refractivity contribution in [3.8, 4) is 0 Å². The number of rotatable bonds is 10. The number of sulfonamides is 1. The Kier molecular flexibility index (Phi) is 9.18. The maximum absolute atomic E-state index is 14.0. The fourth-order valence-electron chi connectivity index (χ4n) is 4.43. The van der Waals surface area contributed by atoms with Crippen molar-refractivity contribution in [1.29, 1.82) is 0 Å². The van der Waals surface area contributed by atoms with Crippen LogP contribution >= 0.6 is 23.2 Å². The van der Waals surface area contributed by atoms with Crippen LogP contribution in [0.1, 0.15) is 41.8 Å². The second-order valence-corrected chi connectivity index (χ2v) is 12.3. The number of carbonyl (C=O) groups is 3. The number of nitrogens with one attached hydrogen (secondary N) is 1. The van der Waals surface area contributed by atoms with Gasteiger partial charge in [0, 0.05) is 19.0 Å². The molecule has 1 aliphatic heterocycles. The predicted molar refractivity (Wildman–Crippen MR) is 154 cm³/mol. The number of hydrogen-bond donors (Lipinski definition) is 1. The molecule has 40 heavy (non-hydrogen) atoms. The van der Waals surface area contributed by atoms with Crippen LogP contribution in [0.25, 0.3) is 0 Å². The molecule has 3 aromatic rings. The normalized spacial score (nSPS) is 15.3. The van der Waals surface area contributed by atoms with Gasteiger partial charge in [0.2, 0.25) is 11.8 Å². The summed E-state index contributed by atoms with van der Waals surface area (Å²) in [6, 6.07) is 18.7. The molecule has 3 amide bonds. The lowest BCUT2D eigenvalue weighted by Crippen LogP contribution is -2.54. The third-order valence-corrected chi connectivity index (χ3v) is 9.33. The molecule has 0 saturated heterocycles. The minimum Gasteiger partial charge on any atom is -0.352 e. The fourth-order valence-corrected chi connectivity index (χ4v) is 6.27. The van der Waals surface area contributed by atoms with Crippen LogP contribution in [0.5, 0.6) is 0 Å². The molecular formula is C29H29Cl2N3O5S. The highest BCUT2D eigenvalue weighted by atomic mass is 35.5. The summed E-state index contributed by atoms with van der Waals surface area (Å²) in [5.74, 6) is -1.90. The largest absolute Gasteiger partial charge is 0.352 e. The maximum atomic E-state index is 14.0. The molecule has 4 rings (SSSR count). The quantitative estimate of drug-likeness (QED) is 0.363. The summed E-state index contributed by atoms with van der Waals surface area (Å²) in [6.07, 6.45) is 0.834. The van der Waals surface area contributed by atoms with E-state index in [9.17, 15) is 22.8 Å². The minimum absolute atomic E-state index is 0.00156. The fraction of sp³-hybridized carbons (Fsp3) is 0.276. The van der Waals surface area contributed by atoms with Crippen LogP contribution in [0, 0.1) is 0 Å². The van der Waals surface area contributed by atoms with Gasteiger partial charge in [-0.25, -0.2) is 12.7 Å². The van der Waals surface area contributed by atoms with Crippen LogP contribution in [0.15, 0.2) is 77.7 Å². The van der Waals surface area contributed by atoms with Crippen molar-refractivity contribution in [3.63, 3.8) is 0 Å². The highest BCUT2D eigenvalue weighted by molar-refractivity contribution is 7.90. The maximum Gasteiger partial charge on any atom is 0.269 e. The van der Waals surface area contributed by atoms with Gasteiger partial charge in [-0.05, 0) is 48.7 Å². The number of carbonyl (C=O) groups excluding carboxylic acids is 3. The minimum atomic E-state index is -4.24. The van der Waals surface area contributed by atoms with Crippen molar-refractivity contribution in [2.45, 2.75) is 50.2 Å². The molecule has 3 aromatic carbocycles. The van der Waals surface area contributed by atoms with E-state index in [2.05, 4.69) is 5.32 Å². The molecule has 1 aliphatic rings. The lowest BCUT2D eigenvalue weighted by molar-refractivity contribution is -0.141. The molecule has 0 radical (unpaired) electrons. The Morgan fingerprint density at radius 1 is 0.950 bits per heavy atom. The predicted octanol–water partition coefficient (Wildman–Crippen LogP) is 4.69. The Balaban J connectivity index is 1.73. The number of halogens is 2. The Hall–Kier alpha value is -3.40. The highest BCUT2D eigenvalue weighted by Crippen LogP contribution is 2.30. The summed E-state index contributed by atoms with van der Waals surface area (Å²) in [5.41, 5.74) is 1.38. The van der Waals surface area contributed by atoms with Crippen LogP contribution in [0.2, 0.25) is 10.0 Å². The van der Waals surface area contributed by atoms with Gasteiger partial charge >= 0.3 is 0 Å². The zero-order valence-electron chi connectivity index (χ0n) is 22.0. The van der Waals surface area contributed by atoms with Crippen LogP contribution in [0.3, 0.4) is 0 Å². The van der Waals surface area contributed by atoms with E-state index in [0.29, 0.717) is 21.3 Å². The molecule has 1 N–H and O–H groups in total.